The second-order valence-electron chi connectivity index (χ2n) is 9.13. The Bertz CT molecular complexity index is 902. The first-order valence-corrected chi connectivity index (χ1v) is 16.0. The summed E-state index contributed by atoms with van der Waals surface area (Å²) in [7, 11) is -3.19. The molecule has 0 saturated carbocycles. The van der Waals surface area contributed by atoms with Crippen LogP contribution in [0.1, 0.15) is 63.1 Å². The van der Waals surface area contributed by atoms with Crippen molar-refractivity contribution in [1.82, 2.24) is 0 Å². The molecule has 0 aliphatic carbocycles. The highest BCUT2D eigenvalue weighted by atomic mass is 31.1. The van der Waals surface area contributed by atoms with Gasteiger partial charge < -0.3 is 8.85 Å². The summed E-state index contributed by atoms with van der Waals surface area (Å²) in [4.78, 5) is 14.0. The molecule has 0 radical (unpaired) electrons. The van der Waals surface area contributed by atoms with Crippen molar-refractivity contribution in [2.24, 2.45) is 0 Å². The maximum absolute atomic E-state index is 14.0. The predicted octanol–water partition coefficient (Wildman–Crippen LogP) is 7.50. The Morgan fingerprint density at radius 3 is 1.69 bits per heavy atom. The van der Waals surface area contributed by atoms with Crippen molar-refractivity contribution >= 4 is 22.0 Å². The fourth-order valence-electron chi connectivity index (χ4n) is 4.71. The molecular weight excluding hydrogens is 431 g/mol. The molecule has 1 atom stereocenters. The summed E-state index contributed by atoms with van der Waals surface area (Å²) >= 11 is 0. The minimum atomic E-state index is -2.28. The van der Waals surface area contributed by atoms with E-state index in [1.807, 2.05) is 13.8 Å². The molecule has 0 amide bonds. The van der Waals surface area contributed by atoms with Gasteiger partial charge in [-0.25, -0.2) is 0 Å². The van der Waals surface area contributed by atoms with Crippen molar-refractivity contribution in [2.75, 3.05) is 19.4 Å². The first-order chi connectivity index (χ1) is 15.0. The lowest BCUT2D eigenvalue weighted by Gasteiger charge is -2.28. The lowest BCUT2D eigenvalue weighted by molar-refractivity contribution is 0.108. The molecule has 0 heterocycles. The number of aryl methyl sites for hydroxylation is 6. The first-order valence-electron chi connectivity index (χ1n) is 11.7. The highest BCUT2D eigenvalue weighted by Crippen LogP contribution is 2.47. The monoisotopic (exact) mass is 472 g/mol. The van der Waals surface area contributed by atoms with Gasteiger partial charge in [-0.1, -0.05) is 35.4 Å². The summed E-state index contributed by atoms with van der Waals surface area (Å²) in [6.45, 7) is 20.2. The van der Waals surface area contributed by atoms with E-state index in [0.29, 0.717) is 18.7 Å². The zero-order valence-corrected chi connectivity index (χ0v) is 23.4. The van der Waals surface area contributed by atoms with Crippen LogP contribution in [0.5, 0.6) is 0 Å². The van der Waals surface area contributed by atoms with Crippen molar-refractivity contribution < 1.29 is 13.6 Å². The van der Waals surface area contributed by atoms with Crippen LogP contribution in [0.25, 0.3) is 0 Å². The Balaban J connectivity index is 2.44. The van der Waals surface area contributed by atoms with Crippen molar-refractivity contribution in [3.8, 4) is 0 Å². The maximum Gasteiger partial charge on any atom is 0.335 e. The molecule has 0 spiro atoms. The fourth-order valence-corrected chi connectivity index (χ4v) is 11.1. The maximum atomic E-state index is 14.0. The van der Waals surface area contributed by atoms with Gasteiger partial charge in [-0.2, -0.15) is 0 Å². The normalized spacial score (nSPS) is 12.8. The number of hydrogen-bond acceptors (Lipinski definition) is 3. The number of hydrogen-bond donors (Lipinski definition) is 0. The SMILES string of the molecule is CCO[Si](C)(CCP(Cc1c(C)cc(C)cc1C)C(=O)c1c(C)cc(C)cc1C)OCC. The molecule has 2 rings (SSSR count). The Labute approximate surface area is 197 Å². The summed E-state index contributed by atoms with van der Waals surface area (Å²) in [6.07, 6.45) is 1.66. The smallest absolute Gasteiger partial charge is 0.335 e. The molecule has 2 aromatic rings. The van der Waals surface area contributed by atoms with Gasteiger partial charge in [-0.15, -0.1) is 0 Å². The molecular formula is C27H41O3PSi. The number of rotatable bonds is 11. The zero-order valence-electron chi connectivity index (χ0n) is 21.5. The van der Waals surface area contributed by atoms with Crippen LogP contribution in [0.3, 0.4) is 0 Å². The van der Waals surface area contributed by atoms with Crippen molar-refractivity contribution in [2.45, 2.75) is 74.1 Å². The van der Waals surface area contributed by atoms with Gasteiger partial charge in [0.25, 0.3) is 0 Å². The van der Waals surface area contributed by atoms with Gasteiger partial charge in [0.1, 0.15) is 0 Å². The zero-order chi connectivity index (χ0) is 24.1. The number of carbonyl (C=O) groups is 1. The number of benzene rings is 2. The van der Waals surface area contributed by atoms with E-state index in [1.54, 1.807) is 0 Å². The van der Waals surface area contributed by atoms with Gasteiger partial charge in [-0.05, 0) is 110 Å². The van der Waals surface area contributed by atoms with Crippen LogP contribution in [0.2, 0.25) is 12.6 Å². The Morgan fingerprint density at radius 2 is 1.25 bits per heavy atom. The van der Waals surface area contributed by atoms with Gasteiger partial charge in [0.15, 0.2) is 5.52 Å². The van der Waals surface area contributed by atoms with Crippen LogP contribution in [-0.4, -0.2) is 33.5 Å². The molecule has 0 fully saturated rings. The lowest BCUT2D eigenvalue weighted by Crippen LogP contribution is -2.39. The van der Waals surface area contributed by atoms with E-state index in [2.05, 4.69) is 72.4 Å². The summed E-state index contributed by atoms with van der Waals surface area (Å²) in [5, 5.41) is 0. The third-order valence-electron chi connectivity index (χ3n) is 6.10. The Morgan fingerprint density at radius 1 is 0.812 bits per heavy atom. The number of carbonyl (C=O) groups excluding carboxylic acids is 1. The van der Waals surface area contributed by atoms with E-state index in [4.69, 9.17) is 8.85 Å². The van der Waals surface area contributed by atoms with Crippen LogP contribution in [-0.2, 0) is 15.0 Å². The second-order valence-corrected chi connectivity index (χ2v) is 14.7. The molecule has 0 aromatic heterocycles. The Kier molecular flexibility index (Phi) is 9.84. The van der Waals surface area contributed by atoms with Crippen LogP contribution in [0.4, 0.5) is 0 Å². The average molecular weight is 473 g/mol. The standard InChI is InChI=1S/C27H41O3PSi/c1-10-29-32(9,30-11-2)13-12-31(18-25-21(5)14-19(3)15-22(25)6)27(28)26-23(7)16-20(4)17-24(26)8/h14-17H,10-13,18H2,1-9H3. The molecule has 0 N–H and O–H groups in total. The van der Waals surface area contributed by atoms with E-state index in [9.17, 15) is 4.79 Å². The van der Waals surface area contributed by atoms with Gasteiger partial charge in [-0.3, -0.25) is 4.79 Å². The highest BCUT2D eigenvalue weighted by Gasteiger charge is 2.34. The third kappa shape index (κ3) is 6.84. The average Bonchev–Trinajstić information content (AvgIpc) is 2.66. The van der Waals surface area contributed by atoms with Crippen molar-refractivity contribution in [3.05, 3.63) is 68.8 Å². The molecule has 176 valence electrons. The van der Waals surface area contributed by atoms with Crippen LogP contribution in [0, 0.1) is 41.5 Å². The Hall–Kier alpha value is -1.32. The molecule has 0 bridgehead atoms. The van der Waals surface area contributed by atoms with Gasteiger partial charge >= 0.3 is 8.56 Å². The van der Waals surface area contributed by atoms with Gasteiger partial charge in [0, 0.05) is 24.9 Å². The molecule has 32 heavy (non-hydrogen) atoms. The molecule has 0 aliphatic rings. The molecule has 0 saturated heterocycles. The molecule has 5 heteroatoms. The third-order valence-corrected chi connectivity index (χ3v) is 11.7. The van der Waals surface area contributed by atoms with Crippen LogP contribution >= 0.6 is 7.92 Å². The van der Waals surface area contributed by atoms with E-state index in [1.165, 1.54) is 27.8 Å². The first kappa shape index (κ1) is 26.9. The quantitative estimate of drug-likeness (QED) is 0.251. The van der Waals surface area contributed by atoms with E-state index < -0.39 is 16.5 Å². The largest absolute Gasteiger partial charge is 0.395 e. The molecule has 0 aliphatic heterocycles. The van der Waals surface area contributed by atoms with Crippen molar-refractivity contribution in [1.29, 1.82) is 0 Å². The minimum absolute atomic E-state index is 0.318. The summed E-state index contributed by atoms with van der Waals surface area (Å²) in [5.74, 6) is 0. The second kappa shape index (κ2) is 11.7. The van der Waals surface area contributed by atoms with Crippen LogP contribution in [0.15, 0.2) is 24.3 Å². The highest BCUT2D eigenvalue weighted by molar-refractivity contribution is 7.75. The van der Waals surface area contributed by atoms with Gasteiger partial charge in [0.05, 0.1) is 0 Å². The summed E-state index contributed by atoms with van der Waals surface area (Å²) in [5.41, 5.74) is 9.80. The van der Waals surface area contributed by atoms with E-state index in [0.717, 1.165) is 35.1 Å². The van der Waals surface area contributed by atoms with Crippen LogP contribution < -0.4 is 0 Å². The lowest BCUT2D eigenvalue weighted by atomic mass is 10.0. The summed E-state index contributed by atoms with van der Waals surface area (Å²) in [6, 6.07) is 9.59. The van der Waals surface area contributed by atoms with E-state index >= 15 is 0 Å². The summed E-state index contributed by atoms with van der Waals surface area (Å²) < 4.78 is 12.2. The molecule has 3 nitrogen and oxygen atoms in total. The minimum Gasteiger partial charge on any atom is -0.395 e. The van der Waals surface area contributed by atoms with Gasteiger partial charge in [0.2, 0.25) is 0 Å². The molecule has 1 unspecified atom stereocenters. The van der Waals surface area contributed by atoms with E-state index in [-0.39, 0.29) is 0 Å². The predicted molar refractivity (Wildman–Crippen MR) is 141 cm³/mol. The fraction of sp³-hybridized carbons (Fsp3) is 0.519. The van der Waals surface area contributed by atoms with Crippen molar-refractivity contribution in [3.63, 3.8) is 0 Å². The molecule has 2 aromatic carbocycles. The topological polar surface area (TPSA) is 35.5 Å².